The Kier molecular flexibility index (Phi) is 4.08. The molecule has 1 rings (SSSR count). The zero-order valence-electron chi connectivity index (χ0n) is 9.45. The van der Waals surface area contributed by atoms with E-state index in [-0.39, 0.29) is 5.41 Å². The van der Waals surface area contributed by atoms with E-state index in [9.17, 15) is 4.79 Å². The molecule has 1 atom stereocenters. The lowest BCUT2D eigenvalue weighted by Gasteiger charge is -2.32. The van der Waals surface area contributed by atoms with Gasteiger partial charge in [-0.2, -0.15) is 0 Å². The molecule has 0 bridgehead atoms. The van der Waals surface area contributed by atoms with Crippen LogP contribution in [0.1, 0.15) is 27.2 Å². The van der Waals surface area contributed by atoms with Gasteiger partial charge in [0.1, 0.15) is 6.29 Å². The highest BCUT2D eigenvalue weighted by atomic mass is 16.5. The Morgan fingerprint density at radius 2 is 2.29 bits per heavy atom. The van der Waals surface area contributed by atoms with Crippen LogP contribution in [0.2, 0.25) is 0 Å². The molecular weight excluding hydrogens is 178 g/mol. The Morgan fingerprint density at radius 3 is 2.64 bits per heavy atom. The van der Waals surface area contributed by atoms with Crippen molar-refractivity contribution in [2.75, 3.05) is 26.3 Å². The maximum Gasteiger partial charge on any atom is 0.129 e. The summed E-state index contributed by atoms with van der Waals surface area (Å²) in [5.41, 5.74) is -0.236. The van der Waals surface area contributed by atoms with Crippen molar-refractivity contribution in [2.45, 2.75) is 33.2 Å². The SMILES string of the molecule is CCN(CC1(C=O)CCOC1)C(C)C. The van der Waals surface area contributed by atoms with E-state index >= 15 is 0 Å². The number of nitrogens with zero attached hydrogens (tertiary/aromatic N) is 1. The zero-order valence-corrected chi connectivity index (χ0v) is 9.45. The highest BCUT2D eigenvalue weighted by Crippen LogP contribution is 2.27. The van der Waals surface area contributed by atoms with Gasteiger partial charge in [-0.1, -0.05) is 6.92 Å². The number of aldehydes is 1. The normalized spacial score (nSPS) is 27.5. The third-order valence-corrected chi connectivity index (χ3v) is 3.04. The lowest BCUT2D eigenvalue weighted by atomic mass is 9.88. The highest BCUT2D eigenvalue weighted by Gasteiger charge is 2.36. The van der Waals surface area contributed by atoms with E-state index in [1.54, 1.807) is 0 Å². The third kappa shape index (κ3) is 2.55. The molecule has 1 aliphatic heterocycles. The largest absolute Gasteiger partial charge is 0.380 e. The van der Waals surface area contributed by atoms with Crippen molar-refractivity contribution >= 4 is 6.29 Å². The summed E-state index contributed by atoms with van der Waals surface area (Å²) >= 11 is 0. The Hall–Kier alpha value is -0.410. The molecule has 1 aliphatic rings. The zero-order chi connectivity index (χ0) is 10.6. The fourth-order valence-electron chi connectivity index (χ4n) is 1.94. The van der Waals surface area contributed by atoms with Gasteiger partial charge in [-0.3, -0.25) is 0 Å². The monoisotopic (exact) mass is 199 g/mol. The second-order valence-electron chi connectivity index (χ2n) is 4.44. The molecule has 0 amide bonds. The Morgan fingerprint density at radius 1 is 1.57 bits per heavy atom. The van der Waals surface area contributed by atoms with Crippen LogP contribution in [0, 0.1) is 5.41 Å². The van der Waals surface area contributed by atoms with Gasteiger partial charge < -0.3 is 14.4 Å². The second kappa shape index (κ2) is 4.89. The van der Waals surface area contributed by atoms with E-state index in [1.165, 1.54) is 0 Å². The molecule has 0 spiro atoms. The molecule has 82 valence electrons. The van der Waals surface area contributed by atoms with Crippen molar-refractivity contribution in [3.8, 4) is 0 Å². The number of hydrogen-bond donors (Lipinski definition) is 0. The first-order chi connectivity index (χ1) is 6.63. The van der Waals surface area contributed by atoms with Crippen LogP contribution in [0.15, 0.2) is 0 Å². The second-order valence-corrected chi connectivity index (χ2v) is 4.44. The van der Waals surface area contributed by atoms with Gasteiger partial charge in [-0.15, -0.1) is 0 Å². The van der Waals surface area contributed by atoms with Gasteiger partial charge in [0.25, 0.3) is 0 Å². The van der Waals surface area contributed by atoms with Gasteiger partial charge in [0, 0.05) is 19.2 Å². The molecule has 14 heavy (non-hydrogen) atoms. The minimum atomic E-state index is -0.236. The first kappa shape index (κ1) is 11.7. The summed E-state index contributed by atoms with van der Waals surface area (Å²) in [7, 11) is 0. The van der Waals surface area contributed by atoms with Crippen LogP contribution >= 0.6 is 0 Å². The van der Waals surface area contributed by atoms with Crippen LogP contribution < -0.4 is 0 Å². The number of rotatable bonds is 5. The minimum Gasteiger partial charge on any atom is -0.380 e. The maximum absolute atomic E-state index is 11.1. The van der Waals surface area contributed by atoms with Gasteiger partial charge >= 0.3 is 0 Å². The molecule has 1 unspecified atom stereocenters. The average Bonchev–Trinajstić information content (AvgIpc) is 2.63. The molecule has 1 fully saturated rings. The minimum absolute atomic E-state index is 0.236. The van der Waals surface area contributed by atoms with Crippen molar-refractivity contribution < 1.29 is 9.53 Å². The molecule has 1 saturated heterocycles. The molecule has 0 aromatic carbocycles. The fraction of sp³-hybridized carbons (Fsp3) is 0.909. The molecule has 0 aromatic rings. The van der Waals surface area contributed by atoms with E-state index in [0.717, 1.165) is 32.4 Å². The average molecular weight is 199 g/mol. The van der Waals surface area contributed by atoms with Crippen LogP contribution in [0.4, 0.5) is 0 Å². The topological polar surface area (TPSA) is 29.5 Å². The molecule has 0 N–H and O–H groups in total. The van der Waals surface area contributed by atoms with Crippen molar-refractivity contribution in [3.63, 3.8) is 0 Å². The van der Waals surface area contributed by atoms with Crippen LogP contribution in [-0.4, -0.2) is 43.5 Å². The number of carbonyl (C=O) groups excluding carboxylic acids is 1. The molecule has 1 heterocycles. The highest BCUT2D eigenvalue weighted by molar-refractivity contribution is 5.60. The van der Waals surface area contributed by atoms with Crippen LogP contribution in [0.3, 0.4) is 0 Å². The lowest BCUT2D eigenvalue weighted by molar-refractivity contribution is -0.117. The van der Waals surface area contributed by atoms with Crippen molar-refractivity contribution in [1.29, 1.82) is 0 Å². The Bertz CT molecular complexity index is 186. The smallest absolute Gasteiger partial charge is 0.129 e. The molecule has 0 aromatic heterocycles. The van der Waals surface area contributed by atoms with Crippen molar-refractivity contribution in [3.05, 3.63) is 0 Å². The van der Waals surface area contributed by atoms with Gasteiger partial charge in [-0.05, 0) is 26.8 Å². The first-order valence-corrected chi connectivity index (χ1v) is 5.41. The Balaban J connectivity index is 2.58. The standard InChI is InChI=1S/C11H21NO2/c1-4-12(10(2)3)7-11(8-13)5-6-14-9-11/h8,10H,4-7,9H2,1-3H3. The predicted molar refractivity (Wildman–Crippen MR) is 56.3 cm³/mol. The van der Waals surface area contributed by atoms with Gasteiger partial charge in [0.05, 0.1) is 12.0 Å². The van der Waals surface area contributed by atoms with E-state index in [1.807, 2.05) is 0 Å². The number of ether oxygens (including phenoxy) is 1. The predicted octanol–water partition coefficient (Wildman–Crippen LogP) is 1.32. The molecule has 3 nitrogen and oxygen atoms in total. The summed E-state index contributed by atoms with van der Waals surface area (Å²) in [4.78, 5) is 13.4. The summed E-state index contributed by atoms with van der Waals surface area (Å²) in [5.74, 6) is 0. The van der Waals surface area contributed by atoms with Crippen LogP contribution in [-0.2, 0) is 9.53 Å². The molecule has 3 heteroatoms. The van der Waals surface area contributed by atoms with E-state index in [0.29, 0.717) is 12.6 Å². The fourth-order valence-corrected chi connectivity index (χ4v) is 1.94. The molecular formula is C11H21NO2. The summed E-state index contributed by atoms with van der Waals surface area (Å²) in [6.07, 6.45) is 1.96. The van der Waals surface area contributed by atoms with Crippen LogP contribution in [0.25, 0.3) is 0 Å². The summed E-state index contributed by atoms with van der Waals surface area (Å²) in [5, 5.41) is 0. The van der Waals surface area contributed by atoms with Crippen molar-refractivity contribution in [1.82, 2.24) is 4.90 Å². The first-order valence-electron chi connectivity index (χ1n) is 5.41. The summed E-state index contributed by atoms with van der Waals surface area (Å²) < 4.78 is 5.32. The van der Waals surface area contributed by atoms with Gasteiger partial charge in [0.2, 0.25) is 0 Å². The summed E-state index contributed by atoms with van der Waals surface area (Å²) in [6.45, 7) is 9.62. The third-order valence-electron chi connectivity index (χ3n) is 3.04. The Labute approximate surface area is 86.4 Å². The lowest BCUT2D eigenvalue weighted by Crippen LogP contribution is -2.42. The van der Waals surface area contributed by atoms with Crippen molar-refractivity contribution in [2.24, 2.45) is 5.41 Å². The molecule has 0 saturated carbocycles. The van der Waals surface area contributed by atoms with Gasteiger partial charge in [-0.25, -0.2) is 0 Å². The number of carbonyl (C=O) groups is 1. The van der Waals surface area contributed by atoms with E-state index in [2.05, 4.69) is 25.7 Å². The molecule has 0 aliphatic carbocycles. The quantitative estimate of drug-likeness (QED) is 0.625. The number of hydrogen-bond acceptors (Lipinski definition) is 3. The van der Waals surface area contributed by atoms with E-state index < -0.39 is 0 Å². The summed E-state index contributed by atoms with van der Waals surface area (Å²) in [6, 6.07) is 0.498. The maximum atomic E-state index is 11.1. The van der Waals surface area contributed by atoms with E-state index in [4.69, 9.17) is 4.74 Å². The van der Waals surface area contributed by atoms with Gasteiger partial charge in [0.15, 0.2) is 0 Å². The molecule has 0 radical (unpaired) electrons. The van der Waals surface area contributed by atoms with Crippen LogP contribution in [0.5, 0.6) is 0 Å².